The molecule has 0 heterocycles. The maximum absolute atomic E-state index is 12.7. The van der Waals surface area contributed by atoms with E-state index in [9.17, 15) is 14.3 Å². The van der Waals surface area contributed by atoms with Crippen LogP contribution in [0.2, 0.25) is 0 Å². The summed E-state index contributed by atoms with van der Waals surface area (Å²) in [6, 6.07) is 7.27. The molecule has 0 fully saturated rings. The number of benzene rings is 1. The fourth-order valence-corrected chi connectivity index (χ4v) is 3.39. The first-order chi connectivity index (χ1) is 10.2. The van der Waals surface area contributed by atoms with Crippen LogP contribution in [0.25, 0.3) is 0 Å². The van der Waals surface area contributed by atoms with Crippen LogP contribution in [0.4, 0.5) is 0 Å². The molecule has 1 amide bonds. The topological polar surface area (TPSA) is 75.6 Å². The number of carbonyl (C=O) groups is 1. The number of hydrogen-bond donors (Lipinski definition) is 2. The quantitative estimate of drug-likeness (QED) is 0.621. The first-order valence-corrected chi connectivity index (χ1v) is 8.84. The van der Waals surface area contributed by atoms with Crippen molar-refractivity contribution in [1.82, 2.24) is 5.48 Å². The Morgan fingerprint density at radius 3 is 2.32 bits per heavy atom. The van der Waals surface area contributed by atoms with Gasteiger partial charge >= 0.3 is 0 Å². The minimum absolute atomic E-state index is 0.220. The molecule has 2 unspecified atom stereocenters. The minimum Gasteiger partial charge on any atom is -0.345 e. The second-order valence-electron chi connectivity index (χ2n) is 6.22. The van der Waals surface area contributed by atoms with Crippen molar-refractivity contribution in [3.63, 3.8) is 0 Å². The van der Waals surface area contributed by atoms with Crippen LogP contribution in [-0.2, 0) is 25.8 Å². The molecule has 0 aliphatic rings. The number of hydrogen-bond acceptors (Lipinski definition) is 3. The molecule has 0 spiro atoms. The van der Waals surface area contributed by atoms with Crippen molar-refractivity contribution in [2.75, 3.05) is 0 Å². The summed E-state index contributed by atoms with van der Waals surface area (Å²) >= 11 is 0. The van der Waals surface area contributed by atoms with Crippen LogP contribution < -0.4 is 5.48 Å². The lowest BCUT2D eigenvalue weighted by atomic mass is 9.89. The summed E-state index contributed by atoms with van der Waals surface area (Å²) < 4.78 is 12.2. The highest BCUT2D eigenvalue weighted by Gasteiger charge is 2.45. The number of rotatable bonds is 6. The Balaban J connectivity index is 3.32. The number of aryl methyl sites for hydroxylation is 1. The minimum atomic E-state index is -3.18. The van der Waals surface area contributed by atoms with E-state index >= 15 is 0 Å². The monoisotopic (exact) mass is 327 g/mol. The van der Waals surface area contributed by atoms with Gasteiger partial charge in [0.15, 0.2) is 0 Å². The third-order valence-corrected chi connectivity index (χ3v) is 5.17. The van der Waals surface area contributed by atoms with E-state index in [0.29, 0.717) is 12.0 Å². The van der Waals surface area contributed by atoms with Gasteiger partial charge in [-0.2, -0.15) is 0 Å². The molecule has 0 bridgehead atoms. The van der Waals surface area contributed by atoms with E-state index in [0.717, 1.165) is 5.56 Å². The highest BCUT2D eigenvalue weighted by Crippen LogP contribution is 2.48. The molecular weight excluding hydrogens is 301 g/mol. The number of hydroxylamine groups is 1. The molecule has 2 atom stereocenters. The molecule has 124 valence electrons. The number of nitrogens with one attached hydrogen (secondary N) is 1. The molecule has 0 radical (unpaired) electrons. The van der Waals surface area contributed by atoms with Crippen molar-refractivity contribution in [3.05, 3.63) is 35.4 Å². The van der Waals surface area contributed by atoms with Gasteiger partial charge in [0.2, 0.25) is 8.03 Å². The number of carbonyl (C=O) groups excluding carboxylic acids is 1. The molecule has 1 rings (SSSR count). The zero-order chi connectivity index (χ0) is 17.0. The van der Waals surface area contributed by atoms with Crippen molar-refractivity contribution in [3.8, 4) is 0 Å². The highest BCUT2D eigenvalue weighted by molar-refractivity contribution is 7.41. The molecule has 1 aromatic rings. The van der Waals surface area contributed by atoms with Crippen molar-refractivity contribution < 1.29 is 19.1 Å². The predicted octanol–water partition coefficient (Wildman–Crippen LogP) is 3.17. The van der Waals surface area contributed by atoms with Gasteiger partial charge in [0.05, 0.1) is 5.60 Å². The first-order valence-electron chi connectivity index (χ1n) is 7.49. The van der Waals surface area contributed by atoms with Crippen LogP contribution in [-0.4, -0.2) is 16.4 Å². The first kappa shape index (κ1) is 18.9. The second kappa shape index (κ2) is 7.40. The smallest absolute Gasteiger partial charge is 0.263 e. The largest absolute Gasteiger partial charge is 0.345 e. The Hall–Kier alpha value is -1.16. The Labute approximate surface area is 132 Å². The summed E-state index contributed by atoms with van der Waals surface area (Å²) in [6.07, 6.45) is 0.901. The third-order valence-electron chi connectivity index (χ3n) is 3.59. The maximum Gasteiger partial charge on any atom is 0.263 e. The molecule has 0 aliphatic carbocycles. The van der Waals surface area contributed by atoms with Crippen LogP contribution in [0.15, 0.2) is 24.3 Å². The molecule has 0 aliphatic heterocycles. The average molecular weight is 327 g/mol. The van der Waals surface area contributed by atoms with Crippen molar-refractivity contribution in [2.24, 2.45) is 0 Å². The van der Waals surface area contributed by atoms with Crippen molar-refractivity contribution in [2.45, 2.75) is 58.2 Å². The van der Waals surface area contributed by atoms with Crippen LogP contribution in [0, 0.1) is 0 Å². The molecule has 0 saturated carbocycles. The van der Waals surface area contributed by atoms with E-state index in [2.05, 4.69) is 5.48 Å². The summed E-state index contributed by atoms with van der Waals surface area (Å²) in [5.41, 5.74) is 3.28. The lowest BCUT2D eigenvalue weighted by Gasteiger charge is -2.32. The van der Waals surface area contributed by atoms with Crippen LogP contribution >= 0.6 is 8.03 Å². The summed E-state index contributed by atoms with van der Waals surface area (Å²) in [5, 5.41) is -1.47. The fraction of sp³-hybridized carbons (Fsp3) is 0.562. The third kappa shape index (κ3) is 3.97. The average Bonchev–Trinajstić information content (AvgIpc) is 2.46. The Bertz CT molecular complexity index is 553. The lowest BCUT2D eigenvalue weighted by molar-refractivity contribution is -0.148. The molecule has 5 nitrogen and oxygen atoms in total. The molecule has 6 heteroatoms. The van der Waals surface area contributed by atoms with Gasteiger partial charge in [-0.1, -0.05) is 38.1 Å². The van der Waals surface area contributed by atoms with E-state index in [1.54, 1.807) is 39.8 Å². The predicted molar refractivity (Wildman–Crippen MR) is 88.0 cm³/mol. The Kier molecular flexibility index (Phi) is 6.36. The van der Waals surface area contributed by atoms with Crippen LogP contribution in [0.5, 0.6) is 0 Å². The Morgan fingerprint density at radius 1 is 1.27 bits per heavy atom. The van der Waals surface area contributed by atoms with E-state index in [-0.39, 0.29) is 6.42 Å². The normalized spacial score (nSPS) is 15.9. The Morgan fingerprint density at radius 2 is 1.86 bits per heavy atom. The van der Waals surface area contributed by atoms with E-state index in [4.69, 9.17) is 4.84 Å². The SMILES string of the molecule is CCc1ccccc1C(CC)(C(=O)NOC(C)(C)C)[PH](=O)O. The summed E-state index contributed by atoms with van der Waals surface area (Å²) in [5.74, 6) is -0.572. The fourth-order valence-electron chi connectivity index (χ4n) is 2.37. The molecule has 22 heavy (non-hydrogen) atoms. The van der Waals surface area contributed by atoms with Crippen molar-refractivity contribution >= 4 is 13.9 Å². The number of amides is 1. The highest BCUT2D eigenvalue weighted by atomic mass is 31.1. The summed E-state index contributed by atoms with van der Waals surface area (Å²) in [7, 11) is -3.18. The molecule has 1 aromatic carbocycles. The maximum atomic E-state index is 12.7. The van der Waals surface area contributed by atoms with Gasteiger partial charge < -0.3 is 4.89 Å². The van der Waals surface area contributed by atoms with Gasteiger partial charge in [-0.25, -0.2) is 5.48 Å². The summed E-state index contributed by atoms with van der Waals surface area (Å²) in [4.78, 5) is 28.0. The van der Waals surface area contributed by atoms with Gasteiger partial charge in [0, 0.05) is 0 Å². The molecule has 2 N–H and O–H groups in total. The van der Waals surface area contributed by atoms with E-state index in [1.165, 1.54) is 0 Å². The van der Waals surface area contributed by atoms with Gasteiger partial charge in [-0.3, -0.25) is 14.2 Å². The van der Waals surface area contributed by atoms with Gasteiger partial charge in [0.1, 0.15) is 5.16 Å². The molecule has 0 saturated heterocycles. The van der Waals surface area contributed by atoms with Crippen LogP contribution in [0.1, 0.15) is 52.2 Å². The van der Waals surface area contributed by atoms with Crippen LogP contribution in [0.3, 0.4) is 0 Å². The van der Waals surface area contributed by atoms with Crippen molar-refractivity contribution in [1.29, 1.82) is 0 Å². The van der Waals surface area contributed by atoms with Gasteiger partial charge in [-0.15, -0.1) is 0 Å². The summed E-state index contributed by atoms with van der Waals surface area (Å²) in [6.45, 7) is 9.08. The second-order valence-corrected chi connectivity index (χ2v) is 7.68. The molecule has 0 aromatic heterocycles. The zero-order valence-corrected chi connectivity index (χ0v) is 14.9. The van der Waals surface area contributed by atoms with E-state index in [1.807, 2.05) is 19.1 Å². The van der Waals surface area contributed by atoms with E-state index < -0.39 is 24.7 Å². The zero-order valence-electron chi connectivity index (χ0n) is 13.9. The lowest BCUT2D eigenvalue weighted by Crippen LogP contribution is -2.45. The standard InChI is InChI=1S/C16H26NO4P/c1-6-12-10-8-9-11-13(12)16(7-2,22(19)20)14(18)17-21-15(3,4)5/h8-11,22H,6-7H2,1-5H3,(H,17,18)(H,19,20). The van der Waals surface area contributed by atoms with Gasteiger partial charge in [-0.05, 0) is 44.7 Å². The molecular formula is C16H26NO4P. The van der Waals surface area contributed by atoms with Gasteiger partial charge in [0.25, 0.3) is 5.91 Å².